The second-order valence-electron chi connectivity index (χ2n) is 7.28. The highest BCUT2D eigenvalue weighted by Crippen LogP contribution is 2.49. The van der Waals surface area contributed by atoms with Crippen molar-refractivity contribution in [2.75, 3.05) is 19.8 Å². The van der Waals surface area contributed by atoms with Gasteiger partial charge in [0.15, 0.2) is 0 Å². The van der Waals surface area contributed by atoms with E-state index in [4.69, 9.17) is 28.6 Å². The van der Waals surface area contributed by atoms with Gasteiger partial charge in [-0.1, -0.05) is 26.7 Å². The number of aliphatic imine (C=N–C) groups is 1. The van der Waals surface area contributed by atoms with Crippen LogP contribution in [0.1, 0.15) is 46.0 Å². The van der Waals surface area contributed by atoms with Crippen molar-refractivity contribution < 1.29 is 46.9 Å². The summed E-state index contributed by atoms with van der Waals surface area (Å²) >= 11 is 0. The van der Waals surface area contributed by atoms with Crippen LogP contribution in [0, 0.1) is 0 Å². The lowest BCUT2D eigenvalue weighted by Gasteiger charge is -2.31. The van der Waals surface area contributed by atoms with Gasteiger partial charge in [0, 0.05) is 12.6 Å². The van der Waals surface area contributed by atoms with Crippen LogP contribution in [-0.4, -0.2) is 70.2 Å². The largest absolute Gasteiger partial charge is 0.472 e. The molecule has 0 bridgehead atoms. The van der Waals surface area contributed by atoms with E-state index in [0.717, 1.165) is 12.8 Å². The van der Waals surface area contributed by atoms with E-state index >= 15 is 0 Å². The first-order valence-electron chi connectivity index (χ1n) is 10.5. The van der Waals surface area contributed by atoms with E-state index in [-0.39, 0.29) is 25.5 Å². The van der Waals surface area contributed by atoms with Crippen LogP contribution in [0.5, 0.6) is 0 Å². The number of phosphoric acid groups is 2. The lowest BCUT2D eigenvalue weighted by molar-refractivity contribution is -0.109. The molecule has 5 N–H and O–H groups in total. The number of unbranched alkanes of at least 4 members (excludes halogenated alkanes) is 2. The summed E-state index contributed by atoms with van der Waals surface area (Å²) < 4.78 is 50.3. The molecule has 2 rings (SSSR count). The zero-order valence-corrected chi connectivity index (χ0v) is 20.0. The van der Waals surface area contributed by atoms with Gasteiger partial charge in [-0.15, -0.1) is 0 Å². The number of nitrogens with two attached hydrogens (primary N) is 1. The molecular weight excluding hydrogens is 468 g/mol. The highest BCUT2D eigenvalue weighted by molar-refractivity contribution is 7.47. The predicted molar refractivity (Wildman–Crippen MR) is 114 cm³/mol. The Balaban J connectivity index is 2.06. The Kier molecular flexibility index (Phi) is 10.8. The first-order valence-corrected chi connectivity index (χ1v) is 13.5. The molecule has 0 aromatic carbocycles. The number of aliphatic hydroxyl groups is 1. The normalized spacial score (nSPS) is 29.5. The summed E-state index contributed by atoms with van der Waals surface area (Å²) in [4.78, 5) is 25.0. The number of hydrogen-bond acceptors (Lipinski definition) is 11. The number of amidine groups is 1. The Hall–Kier alpha value is -0.850. The van der Waals surface area contributed by atoms with E-state index in [2.05, 4.69) is 4.99 Å². The van der Waals surface area contributed by atoms with Gasteiger partial charge in [0.25, 0.3) is 0 Å². The Morgan fingerprint density at radius 1 is 1.16 bits per heavy atom. The number of ether oxygens (including phenoxy) is 1. The van der Waals surface area contributed by atoms with Gasteiger partial charge < -0.3 is 30.3 Å². The summed E-state index contributed by atoms with van der Waals surface area (Å²) in [6.45, 7) is 3.41. The first kappa shape index (κ1) is 27.4. The molecule has 186 valence electrons. The van der Waals surface area contributed by atoms with E-state index in [1.54, 1.807) is 0 Å². The molecule has 0 aromatic heterocycles. The Labute approximate surface area is 187 Å². The minimum atomic E-state index is -4.43. The number of hydrogen-bond donors (Lipinski definition) is 4. The van der Waals surface area contributed by atoms with Gasteiger partial charge in [0.2, 0.25) is 6.35 Å². The molecule has 32 heavy (non-hydrogen) atoms. The smallest absolute Gasteiger partial charge is 0.384 e. The number of rotatable bonds is 14. The van der Waals surface area contributed by atoms with E-state index in [0.29, 0.717) is 12.8 Å². The molecule has 0 spiro atoms. The molecule has 13 nitrogen and oxygen atoms in total. The highest BCUT2D eigenvalue weighted by Gasteiger charge is 2.45. The van der Waals surface area contributed by atoms with Crippen molar-refractivity contribution in [1.29, 1.82) is 0 Å². The maximum absolute atomic E-state index is 12.3. The fourth-order valence-electron chi connectivity index (χ4n) is 2.93. The molecule has 2 aliphatic rings. The Morgan fingerprint density at radius 2 is 1.78 bits per heavy atom. The third-order valence-electron chi connectivity index (χ3n) is 4.64. The molecule has 2 aliphatic heterocycles. The van der Waals surface area contributed by atoms with Crippen molar-refractivity contribution in [3.8, 4) is 0 Å². The Morgan fingerprint density at radius 3 is 2.38 bits per heavy atom. The van der Waals surface area contributed by atoms with E-state index in [9.17, 15) is 24.0 Å². The van der Waals surface area contributed by atoms with Gasteiger partial charge in [0.05, 0.1) is 19.8 Å². The summed E-state index contributed by atoms with van der Waals surface area (Å²) in [5.41, 5.74) is 5.56. The van der Waals surface area contributed by atoms with Crippen LogP contribution in [0.2, 0.25) is 0 Å². The zero-order valence-electron chi connectivity index (χ0n) is 18.2. The fraction of sp³-hybridized carbons (Fsp3) is 0.824. The second kappa shape index (κ2) is 12.6. The third kappa shape index (κ3) is 8.83. The average molecular weight is 501 g/mol. The monoisotopic (exact) mass is 501 g/mol. The zero-order chi connectivity index (χ0) is 23.8. The van der Waals surface area contributed by atoms with Crippen LogP contribution in [-0.2, 0) is 32.0 Å². The number of nitrogens with zero attached hydrogens (tertiary/aromatic N) is 2. The Bertz CT molecular complexity index is 752. The fourth-order valence-corrected chi connectivity index (χ4v) is 4.68. The summed E-state index contributed by atoms with van der Waals surface area (Å²) in [6, 6.07) is 0. The van der Waals surface area contributed by atoms with E-state index < -0.39 is 47.0 Å². The summed E-state index contributed by atoms with van der Waals surface area (Å²) in [5.74, 6) is 0.120. The van der Waals surface area contributed by atoms with Crippen LogP contribution in [0.3, 0.4) is 0 Å². The summed E-state index contributed by atoms with van der Waals surface area (Å²) in [5, 5.41) is 10.1. The minimum Gasteiger partial charge on any atom is -0.384 e. The van der Waals surface area contributed by atoms with Crippen molar-refractivity contribution >= 4 is 21.5 Å². The van der Waals surface area contributed by atoms with Gasteiger partial charge in [-0.25, -0.2) is 14.1 Å². The molecule has 0 aromatic rings. The van der Waals surface area contributed by atoms with Gasteiger partial charge in [0.1, 0.15) is 24.3 Å². The van der Waals surface area contributed by atoms with Gasteiger partial charge >= 0.3 is 15.6 Å². The molecular formula is C17H33N3O10P2. The first-order chi connectivity index (χ1) is 15.1. The average Bonchev–Trinajstić information content (AvgIpc) is 3.08. The van der Waals surface area contributed by atoms with Crippen molar-refractivity contribution in [2.45, 2.75) is 70.7 Å². The molecule has 15 heteroatoms. The van der Waals surface area contributed by atoms with E-state index in [1.807, 2.05) is 13.8 Å². The molecule has 0 radical (unpaired) electrons. The standard InChI is InChI=1S/C17H33N3O10P2/c1-3-5-9-26-31(22,23)28-12-14-13(30-32(24,25)27-10-6-4-2)11-16(29-14)20-8-7-15(18)19-17(20)21/h7-8,13-14,16-17,21H,3-6,9-12H2,1-2H3,(H2,18,19)(H,22,23)(H,24,25)/t13?,14-,16-,17?/m1/s1. The SMILES string of the molecule is CCCCOP(=O)(O)OC[C@H]1O[C@@H](N2C=CC(N)=NC2O)CC1OP(=O)(O)OCCCC. The lowest BCUT2D eigenvalue weighted by atomic mass is 10.2. The van der Waals surface area contributed by atoms with Gasteiger partial charge in [-0.3, -0.25) is 18.1 Å². The van der Waals surface area contributed by atoms with Crippen molar-refractivity contribution in [1.82, 2.24) is 4.90 Å². The minimum absolute atomic E-state index is 0.0129. The number of phosphoric ester groups is 2. The van der Waals surface area contributed by atoms with Crippen LogP contribution < -0.4 is 5.73 Å². The second-order valence-corrected chi connectivity index (χ2v) is 10.1. The van der Waals surface area contributed by atoms with Crippen molar-refractivity contribution in [2.24, 2.45) is 10.7 Å². The van der Waals surface area contributed by atoms with Crippen LogP contribution >= 0.6 is 15.6 Å². The van der Waals surface area contributed by atoms with Crippen LogP contribution in [0.15, 0.2) is 17.3 Å². The lowest BCUT2D eigenvalue weighted by Crippen LogP contribution is -2.41. The maximum atomic E-state index is 12.3. The van der Waals surface area contributed by atoms with Crippen molar-refractivity contribution in [3.05, 3.63) is 12.3 Å². The van der Waals surface area contributed by atoms with Crippen LogP contribution in [0.25, 0.3) is 0 Å². The predicted octanol–water partition coefficient (Wildman–Crippen LogP) is 1.80. The van der Waals surface area contributed by atoms with Gasteiger partial charge in [-0.2, -0.15) is 0 Å². The van der Waals surface area contributed by atoms with Gasteiger partial charge in [-0.05, 0) is 18.9 Å². The topological polar surface area (TPSA) is 183 Å². The molecule has 1 fully saturated rings. The third-order valence-corrected chi connectivity index (χ3v) is 6.67. The number of aliphatic hydroxyl groups excluding tert-OH is 1. The molecule has 4 unspecified atom stereocenters. The van der Waals surface area contributed by atoms with E-state index in [1.165, 1.54) is 17.2 Å². The highest BCUT2D eigenvalue weighted by atomic mass is 31.2. The van der Waals surface area contributed by atoms with Crippen molar-refractivity contribution in [3.63, 3.8) is 0 Å². The molecule has 2 heterocycles. The molecule has 0 amide bonds. The maximum Gasteiger partial charge on any atom is 0.472 e. The molecule has 0 aliphatic carbocycles. The molecule has 1 saturated heterocycles. The quantitative estimate of drug-likeness (QED) is 0.200. The molecule has 0 saturated carbocycles. The summed E-state index contributed by atoms with van der Waals surface area (Å²) in [6.07, 6.45) is 1.34. The van der Waals surface area contributed by atoms with Crippen LogP contribution in [0.4, 0.5) is 0 Å². The molecule has 6 atom stereocenters. The summed E-state index contributed by atoms with van der Waals surface area (Å²) in [7, 11) is -8.79.